The van der Waals surface area contributed by atoms with Crippen LogP contribution in [-0.4, -0.2) is 26.0 Å². The number of amidine groups is 1. The molecule has 7 heteroatoms. The Kier molecular flexibility index (Phi) is 4.60. The highest BCUT2D eigenvalue weighted by molar-refractivity contribution is 8.16. The topological polar surface area (TPSA) is 83.1 Å². The van der Waals surface area contributed by atoms with Gasteiger partial charge in [0, 0.05) is 9.81 Å². The average molecular weight is 394 g/mol. The largest absolute Gasteiger partial charge is 0.497 e. The molecule has 0 bridgehead atoms. The minimum Gasteiger partial charge on any atom is -0.497 e. The van der Waals surface area contributed by atoms with Crippen LogP contribution in [0.25, 0.3) is 9.81 Å². The monoisotopic (exact) mass is 394 g/mol. The molecule has 0 saturated carbocycles. The Hall–Kier alpha value is -3.19. The van der Waals surface area contributed by atoms with Crippen LogP contribution in [0.3, 0.4) is 0 Å². The Labute approximate surface area is 166 Å². The van der Waals surface area contributed by atoms with Crippen LogP contribution in [0.2, 0.25) is 0 Å². The first kappa shape index (κ1) is 18.2. The summed E-state index contributed by atoms with van der Waals surface area (Å²) in [6.07, 6.45) is 3.61. The van der Waals surface area contributed by atoms with E-state index in [-0.39, 0.29) is 5.84 Å². The number of nitrogens with zero attached hydrogens (tertiary/aromatic N) is 1. The van der Waals surface area contributed by atoms with Crippen LogP contribution in [0.5, 0.6) is 11.5 Å². The highest BCUT2D eigenvalue weighted by Crippen LogP contribution is 2.49. The van der Waals surface area contributed by atoms with Crippen molar-refractivity contribution in [1.82, 2.24) is 0 Å². The summed E-state index contributed by atoms with van der Waals surface area (Å²) < 4.78 is 10.5. The summed E-state index contributed by atoms with van der Waals surface area (Å²) in [4.78, 5) is 19.2. The van der Waals surface area contributed by atoms with Gasteiger partial charge in [-0.25, -0.2) is 4.79 Å². The second-order valence-electron chi connectivity index (χ2n) is 6.30. The molecule has 28 heavy (non-hydrogen) atoms. The molecule has 0 saturated heterocycles. The van der Waals surface area contributed by atoms with Crippen molar-refractivity contribution in [2.75, 3.05) is 14.2 Å². The maximum Gasteiger partial charge on any atom is 0.356 e. The van der Waals surface area contributed by atoms with Crippen LogP contribution in [0, 0.1) is 5.41 Å². The first-order chi connectivity index (χ1) is 13.6. The Morgan fingerprint density at radius 2 is 1.36 bits per heavy atom. The number of methoxy groups -OCH3 is 2. The zero-order chi connectivity index (χ0) is 19.7. The number of thioether (sulfide) groups is 1. The zero-order valence-electron chi connectivity index (χ0n) is 15.3. The summed E-state index contributed by atoms with van der Waals surface area (Å²) in [5.74, 6) is 1.12. The van der Waals surface area contributed by atoms with E-state index in [4.69, 9.17) is 20.0 Å². The highest BCUT2D eigenvalue weighted by atomic mass is 32.2. The zero-order valence-corrected chi connectivity index (χ0v) is 16.2. The summed E-state index contributed by atoms with van der Waals surface area (Å²) in [5, 5.41) is 3.71. The van der Waals surface area contributed by atoms with Gasteiger partial charge in [-0.05, 0) is 47.5 Å². The Morgan fingerprint density at radius 1 is 0.893 bits per heavy atom. The van der Waals surface area contributed by atoms with E-state index >= 15 is 0 Å². The van der Waals surface area contributed by atoms with E-state index in [0.717, 1.165) is 32.4 Å². The third-order valence-corrected chi connectivity index (χ3v) is 5.82. The fraction of sp³-hybridized carbons (Fsp3) is 0.143. The number of carbonyl (C=O) groups is 1. The summed E-state index contributed by atoms with van der Waals surface area (Å²) >= 11 is 1.55. The second-order valence-corrected chi connectivity index (χ2v) is 7.38. The number of carbonyl (C=O) groups excluding carboxylic acids is 1. The third-order valence-electron chi connectivity index (χ3n) is 4.68. The minimum absolute atomic E-state index is 0.120. The predicted molar refractivity (Wildman–Crippen MR) is 110 cm³/mol. The van der Waals surface area contributed by atoms with Crippen LogP contribution in [-0.2, 0) is 9.63 Å². The number of hydrogen-bond donors (Lipinski definition) is 1. The fourth-order valence-electron chi connectivity index (χ4n) is 3.04. The SMILES string of the molecule is COc1ccc(C2=CC3(C=C(c4ccc(OC)cc4)S2)C(=O)ON=C3N)cc1. The van der Waals surface area contributed by atoms with Crippen molar-refractivity contribution < 1.29 is 19.1 Å². The molecule has 2 aliphatic heterocycles. The van der Waals surface area contributed by atoms with E-state index < -0.39 is 11.4 Å². The van der Waals surface area contributed by atoms with Crippen LogP contribution < -0.4 is 15.2 Å². The minimum atomic E-state index is -1.21. The molecule has 2 aliphatic rings. The number of hydrogen-bond acceptors (Lipinski definition) is 7. The molecule has 0 unspecified atom stereocenters. The molecule has 0 radical (unpaired) electrons. The second kappa shape index (κ2) is 7.09. The molecule has 0 fully saturated rings. The quantitative estimate of drug-likeness (QED) is 0.797. The Morgan fingerprint density at radius 3 is 1.71 bits per heavy atom. The van der Waals surface area contributed by atoms with E-state index in [2.05, 4.69) is 5.16 Å². The van der Waals surface area contributed by atoms with E-state index in [1.807, 2.05) is 48.5 Å². The number of nitrogens with two attached hydrogens (primary N) is 1. The van der Waals surface area contributed by atoms with Crippen molar-refractivity contribution in [3.05, 3.63) is 71.8 Å². The molecule has 4 rings (SSSR count). The van der Waals surface area contributed by atoms with Gasteiger partial charge in [0.15, 0.2) is 11.3 Å². The molecule has 0 atom stereocenters. The van der Waals surface area contributed by atoms with E-state index in [0.29, 0.717) is 0 Å². The smallest absolute Gasteiger partial charge is 0.356 e. The molecule has 2 aromatic rings. The lowest BCUT2D eigenvalue weighted by atomic mass is 9.84. The number of oxime groups is 1. The molecule has 1 spiro atoms. The summed E-state index contributed by atoms with van der Waals surface area (Å²) in [7, 11) is 3.24. The lowest BCUT2D eigenvalue weighted by Gasteiger charge is -2.26. The Balaban J connectivity index is 1.80. The Bertz CT molecular complexity index is 944. The van der Waals surface area contributed by atoms with E-state index in [1.54, 1.807) is 38.1 Å². The lowest BCUT2D eigenvalue weighted by molar-refractivity contribution is -0.144. The number of ether oxygens (including phenoxy) is 2. The third kappa shape index (κ3) is 3.03. The van der Waals surface area contributed by atoms with Crippen LogP contribution >= 0.6 is 11.8 Å². The predicted octanol–water partition coefficient (Wildman–Crippen LogP) is 3.65. The van der Waals surface area contributed by atoms with Crippen molar-refractivity contribution in [2.45, 2.75) is 0 Å². The van der Waals surface area contributed by atoms with Crippen molar-refractivity contribution in [1.29, 1.82) is 0 Å². The lowest BCUT2D eigenvalue weighted by Crippen LogP contribution is -2.37. The maximum atomic E-state index is 12.6. The number of rotatable bonds is 4. The molecule has 0 aromatic heterocycles. The van der Waals surface area contributed by atoms with Crippen LogP contribution in [0.15, 0.2) is 65.8 Å². The van der Waals surface area contributed by atoms with Gasteiger partial charge < -0.3 is 20.0 Å². The molecule has 0 amide bonds. The summed E-state index contributed by atoms with van der Waals surface area (Å²) in [5.41, 5.74) is 6.74. The molecule has 0 aliphatic carbocycles. The van der Waals surface area contributed by atoms with Gasteiger partial charge in [-0.3, -0.25) is 0 Å². The van der Waals surface area contributed by atoms with Gasteiger partial charge in [-0.1, -0.05) is 41.2 Å². The molecule has 2 N–H and O–H groups in total. The molecule has 142 valence electrons. The van der Waals surface area contributed by atoms with Crippen LogP contribution in [0.4, 0.5) is 0 Å². The standard InChI is InChI=1S/C21H18N2O4S/c1-25-15-7-3-13(4-8-15)17-11-21(19(22)23-27-20(21)24)12-18(28-17)14-5-9-16(26-2)10-6-14/h3-12H,1-2H3,(H2,22,23). The molecular formula is C21H18N2O4S. The summed E-state index contributed by atoms with van der Waals surface area (Å²) in [6, 6.07) is 15.3. The normalized spacial score (nSPS) is 17.5. The first-order valence-corrected chi connectivity index (χ1v) is 9.35. The van der Waals surface area contributed by atoms with Gasteiger partial charge in [-0.15, -0.1) is 0 Å². The van der Waals surface area contributed by atoms with Gasteiger partial charge >= 0.3 is 5.97 Å². The van der Waals surface area contributed by atoms with E-state index in [9.17, 15) is 4.79 Å². The van der Waals surface area contributed by atoms with Crippen molar-refractivity contribution in [3.8, 4) is 11.5 Å². The first-order valence-electron chi connectivity index (χ1n) is 8.53. The molecule has 2 aromatic carbocycles. The molecule has 2 heterocycles. The maximum absolute atomic E-state index is 12.6. The molecule has 6 nitrogen and oxygen atoms in total. The summed E-state index contributed by atoms with van der Waals surface area (Å²) in [6.45, 7) is 0. The average Bonchev–Trinajstić information content (AvgIpc) is 3.01. The van der Waals surface area contributed by atoms with E-state index in [1.165, 1.54) is 0 Å². The van der Waals surface area contributed by atoms with Crippen molar-refractivity contribution in [3.63, 3.8) is 0 Å². The fourth-order valence-corrected chi connectivity index (χ4v) is 4.27. The highest BCUT2D eigenvalue weighted by Gasteiger charge is 2.48. The van der Waals surface area contributed by atoms with Gasteiger partial charge in [0.25, 0.3) is 0 Å². The van der Waals surface area contributed by atoms with Crippen molar-refractivity contribution in [2.24, 2.45) is 16.3 Å². The van der Waals surface area contributed by atoms with Crippen LogP contribution in [0.1, 0.15) is 11.1 Å². The van der Waals surface area contributed by atoms with Gasteiger partial charge in [0.05, 0.1) is 14.2 Å². The molecular weight excluding hydrogens is 376 g/mol. The van der Waals surface area contributed by atoms with Gasteiger partial charge in [-0.2, -0.15) is 0 Å². The van der Waals surface area contributed by atoms with Gasteiger partial charge in [0.2, 0.25) is 0 Å². The van der Waals surface area contributed by atoms with Gasteiger partial charge in [0.1, 0.15) is 11.5 Å². The van der Waals surface area contributed by atoms with Crippen molar-refractivity contribution >= 4 is 33.4 Å². The number of benzene rings is 2.